The van der Waals surface area contributed by atoms with Crippen LogP contribution in [0.15, 0.2) is 48.5 Å². The predicted molar refractivity (Wildman–Crippen MR) is 108 cm³/mol. The first-order valence-corrected chi connectivity index (χ1v) is 9.21. The van der Waals surface area contributed by atoms with Crippen LogP contribution in [0.25, 0.3) is 0 Å². The molecule has 0 fully saturated rings. The monoisotopic (exact) mass is 352 g/mol. The fourth-order valence-electron chi connectivity index (χ4n) is 3.16. The lowest BCUT2D eigenvalue weighted by Crippen LogP contribution is -2.36. The molecule has 2 aromatic carbocycles. The third-order valence-corrected chi connectivity index (χ3v) is 4.52. The summed E-state index contributed by atoms with van der Waals surface area (Å²) in [5, 5.41) is 0. The van der Waals surface area contributed by atoms with Gasteiger partial charge in [0.25, 0.3) is 0 Å². The highest BCUT2D eigenvalue weighted by atomic mass is 16.2. The van der Waals surface area contributed by atoms with E-state index in [0.717, 1.165) is 28.9 Å². The van der Waals surface area contributed by atoms with E-state index in [1.54, 1.807) is 16.7 Å². The van der Waals surface area contributed by atoms with Crippen LogP contribution >= 0.6 is 0 Å². The third-order valence-electron chi connectivity index (χ3n) is 4.52. The maximum Gasteiger partial charge on any atom is 0.228 e. The minimum Gasteiger partial charge on any atom is -0.313 e. The van der Waals surface area contributed by atoms with Crippen molar-refractivity contribution in [2.45, 2.75) is 40.5 Å². The van der Waals surface area contributed by atoms with Crippen molar-refractivity contribution < 1.29 is 9.59 Å². The second-order valence-corrected chi connectivity index (χ2v) is 6.38. The average Bonchev–Trinajstić information content (AvgIpc) is 2.62. The second kappa shape index (κ2) is 9.18. The molecule has 0 radical (unpaired) electrons. The lowest BCUT2D eigenvalue weighted by molar-refractivity contribution is -0.118. The minimum absolute atomic E-state index is 0.0262. The molecule has 0 saturated carbocycles. The molecular weight excluding hydrogens is 324 g/mol. The largest absolute Gasteiger partial charge is 0.313 e. The van der Waals surface area contributed by atoms with Crippen LogP contribution in [0.3, 0.4) is 0 Å². The van der Waals surface area contributed by atoms with Crippen LogP contribution in [0.4, 0.5) is 11.4 Å². The highest BCUT2D eigenvalue weighted by molar-refractivity contribution is 5.96. The molecule has 138 valence electrons. The number of hydrogen-bond acceptors (Lipinski definition) is 2. The molecule has 0 saturated heterocycles. The van der Waals surface area contributed by atoms with E-state index in [9.17, 15) is 9.59 Å². The normalized spacial score (nSPS) is 10.5. The van der Waals surface area contributed by atoms with Gasteiger partial charge in [0.1, 0.15) is 0 Å². The molecule has 26 heavy (non-hydrogen) atoms. The molecule has 0 spiro atoms. The standard InChI is InChI=1S/C22H28N2O2/c1-5-19-11-7-8-13-21(19)24(18(4)25)15-14-22(26)23(6-2)20-12-9-10-17(3)16-20/h7-13,16H,5-6,14-15H2,1-4H3. The second-order valence-electron chi connectivity index (χ2n) is 6.38. The number of carbonyl (C=O) groups excluding carboxylic acids is 2. The molecule has 4 nitrogen and oxygen atoms in total. The molecule has 0 aliphatic heterocycles. The molecule has 0 unspecified atom stereocenters. The number of amides is 2. The highest BCUT2D eigenvalue weighted by Gasteiger charge is 2.19. The van der Waals surface area contributed by atoms with Crippen LogP contribution in [-0.2, 0) is 16.0 Å². The molecule has 2 amide bonds. The van der Waals surface area contributed by atoms with E-state index < -0.39 is 0 Å². The first-order chi connectivity index (χ1) is 12.5. The number of anilines is 2. The Morgan fingerprint density at radius 2 is 1.69 bits per heavy atom. The summed E-state index contributed by atoms with van der Waals surface area (Å²) in [7, 11) is 0. The SMILES string of the molecule is CCc1ccccc1N(CCC(=O)N(CC)c1cccc(C)c1)C(C)=O. The Morgan fingerprint density at radius 3 is 2.31 bits per heavy atom. The van der Waals surface area contributed by atoms with Gasteiger partial charge in [-0.3, -0.25) is 9.59 Å². The Balaban J connectivity index is 2.15. The Bertz CT molecular complexity index is 770. The zero-order chi connectivity index (χ0) is 19.1. The van der Waals surface area contributed by atoms with Gasteiger partial charge in [-0.15, -0.1) is 0 Å². The number of rotatable bonds is 7. The first kappa shape index (κ1) is 19.7. The van der Waals surface area contributed by atoms with Gasteiger partial charge in [-0.25, -0.2) is 0 Å². The molecule has 0 aliphatic carbocycles. The summed E-state index contributed by atoms with van der Waals surface area (Å²) >= 11 is 0. The zero-order valence-electron chi connectivity index (χ0n) is 16.2. The van der Waals surface area contributed by atoms with Crippen LogP contribution < -0.4 is 9.80 Å². The minimum atomic E-state index is -0.0442. The molecule has 0 N–H and O–H groups in total. The van der Waals surface area contributed by atoms with Gasteiger partial charge < -0.3 is 9.80 Å². The van der Waals surface area contributed by atoms with Crippen LogP contribution in [0.2, 0.25) is 0 Å². The van der Waals surface area contributed by atoms with Gasteiger partial charge in [0, 0.05) is 37.8 Å². The van der Waals surface area contributed by atoms with Crippen LogP contribution in [-0.4, -0.2) is 24.9 Å². The Kier molecular flexibility index (Phi) is 6.96. The fraction of sp³-hybridized carbons (Fsp3) is 0.364. The molecular formula is C22H28N2O2. The molecule has 0 aliphatic rings. The number of para-hydroxylation sites is 1. The van der Waals surface area contributed by atoms with E-state index >= 15 is 0 Å². The number of nitrogens with zero attached hydrogens (tertiary/aromatic N) is 2. The molecule has 0 atom stereocenters. The summed E-state index contributed by atoms with van der Waals surface area (Å²) in [6.07, 6.45) is 1.14. The number of hydrogen-bond donors (Lipinski definition) is 0. The molecule has 2 rings (SSSR count). The van der Waals surface area contributed by atoms with Gasteiger partial charge in [0.2, 0.25) is 11.8 Å². The van der Waals surface area contributed by atoms with Gasteiger partial charge in [0.15, 0.2) is 0 Å². The van der Waals surface area contributed by atoms with Crippen molar-refractivity contribution in [2.24, 2.45) is 0 Å². The van der Waals surface area contributed by atoms with Crippen molar-refractivity contribution in [1.29, 1.82) is 0 Å². The van der Waals surface area contributed by atoms with Crippen molar-refractivity contribution in [1.82, 2.24) is 0 Å². The van der Waals surface area contributed by atoms with Gasteiger partial charge in [0.05, 0.1) is 0 Å². The summed E-state index contributed by atoms with van der Waals surface area (Å²) in [6.45, 7) is 8.59. The number of benzene rings is 2. The lowest BCUT2D eigenvalue weighted by atomic mass is 10.1. The van der Waals surface area contributed by atoms with E-state index in [4.69, 9.17) is 0 Å². The quantitative estimate of drug-likeness (QED) is 0.743. The third kappa shape index (κ3) is 4.72. The topological polar surface area (TPSA) is 40.6 Å². The Hall–Kier alpha value is -2.62. The van der Waals surface area contributed by atoms with E-state index in [-0.39, 0.29) is 11.8 Å². The maximum atomic E-state index is 12.8. The molecule has 0 aromatic heterocycles. The van der Waals surface area contributed by atoms with Crippen LogP contribution in [0.5, 0.6) is 0 Å². The van der Waals surface area contributed by atoms with Crippen molar-refractivity contribution in [3.63, 3.8) is 0 Å². The maximum absolute atomic E-state index is 12.8. The fourth-order valence-corrected chi connectivity index (χ4v) is 3.16. The van der Waals surface area contributed by atoms with Crippen LogP contribution in [0, 0.1) is 6.92 Å². The molecule has 4 heteroatoms. The smallest absolute Gasteiger partial charge is 0.228 e. The molecule has 0 bridgehead atoms. The van der Waals surface area contributed by atoms with Crippen molar-refractivity contribution >= 4 is 23.2 Å². The number of aryl methyl sites for hydroxylation is 2. The summed E-state index contributed by atoms with van der Waals surface area (Å²) in [6, 6.07) is 15.8. The van der Waals surface area contributed by atoms with Crippen molar-refractivity contribution in [2.75, 3.05) is 22.9 Å². The van der Waals surface area contributed by atoms with Gasteiger partial charge in [-0.2, -0.15) is 0 Å². The zero-order valence-corrected chi connectivity index (χ0v) is 16.2. The average molecular weight is 352 g/mol. The highest BCUT2D eigenvalue weighted by Crippen LogP contribution is 2.22. The van der Waals surface area contributed by atoms with E-state index in [1.165, 1.54) is 0 Å². The van der Waals surface area contributed by atoms with Gasteiger partial charge in [-0.1, -0.05) is 37.3 Å². The van der Waals surface area contributed by atoms with Crippen LogP contribution in [0.1, 0.15) is 38.3 Å². The van der Waals surface area contributed by atoms with Gasteiger partial charge in [-0.05, 0) is 49.6 Å². The predicted octanol–water partition coefficient (Wildman–Crippen LogP) is 4.35. The summed E-state index contributed by atoms with van der Waals surface area (Å²) in [5.74, 6) is -0.0179. The van der Waals surface area contributed by atoms with Crippen molar-refractivity contribution in [3.8, 4) is 0 Å². The number of carbonyl (C=O) groups is 2. The molecule has 0 heterocycles. The van der Waals surface area contributed by atoms with E-state index in [0.29, 0.717) is 19.5 Å². The lowest BCUT2D eigenvalue weighted by Gasteiger charge is -2.26. The van der Waals surface area contributed by atoms with Crippen molar-refractivity contribution in [3.05, 3.63) is 59.7 Å². The van der Waals surface area contributed by atoms with E-state index in [1.807, 2.05) is 62.4 Å². The summed E-state index contributed by atoms with van der Waals surface area (Å²) in [5.41, 5.74) is 4.03. The summed E-state index contributed by atoms with van der Waals surface area (Å²) < 4.78 is 0. The Labute approximate surface area is 156 Å². The molecule has 2 aromatic rings. The van der Waals surface area contributed by atoms with Gasteiger partial charge >= 0.3 is 0 Å². The summed E-state index contributed by atoms with van der Waals surface area (Å²) in [4.78, 5) is 28.5. The Morgan fingerprint density at radius 1 is 0.962 bits per heavy atom. The first-order valence-electron chi connectivity index (χ1n) is 9.21. The van der Waals surface area contributed by atoms with E-state index in [2.05, 4.69) is 6.92 Å².